The van der Waals surface area contributed by atoms with Gasteiger partial charge in [-0.3, -0.25) is 4.98 Å². The highest BCUT2D eigenvalue weighted by molar-refractivity contribution is 7.91. The second-order valence-electron chi connectivity index (χ2n) is 7.12. The lowest BCUT2D eigenvalue weighted by molar-refractivity contribution is -0.137. The van der Waals surface area contributed by atoms with Crippen molar-refractivity contribution < 1.29 is 21.6 Å². The highest BCUT2D eigenvalue weighted by atomic mass is 32.2. The number of halogens is 3. The second-order valence-corrected chi connectivity index (χ2v) is 9.30. The number of benzene rings is 1. The number of aromatic nitrogens is 1. The molecule has 4 nitrogen and oxygen atoms in total. The molecule has 3 heterocycles. The van der Waals surface area contributed by atoms with E-state index < -0.39 is 27.0 Å². The number of sulfone groups is 1. The summed E-state index contributed by atoms with van der Waals surface area (Å²) < 4.78 is 62.6. The molecule has 2 aliphatic rings. The number of hydrogen-bond donors (Lipinski definition) is 0. The summed E-state index contributed by atoms with van der Waals surface area (Å²) in [6.07, 6.45) is -1.62. The topological polar surface area (TPSA) is 50.3 Å². The normalized spacial score (nSPS) is 24.7. The average molecular weight is 382 g/mol. The van der Waals surface area contributed by atoms with Gasteiger partial charge in [-0.2, -0.15) is 13.2 Å². The Labute approximate surface area is 149 Å². The van der Waals surface area contributed by atoms with Gasteiger partial charge in [-0.05, 0) is 42.8 Å². The van der Waals surface area contributed by atoms with Crippen molar-refractivity contribution >= 4 is 21.2 Å². The van der Waals surface area contributed by atoms with Gasteiger partial charge in [0.1, 0.15) is 0 Å². The van der Waals surface area contributed by atoms with E-state index in [1.807, 2.05) is 11.0 Å². The van der Waals surface area contributed by atoms with Gasteiger partial charge in [0.25, 0.3) is 0 Å². The van der Waals surface area contributed by atoms with E-state index in [1.165, 1.54) is 12.1 Å². The Bertz CT molecular complexity index is 942. The molecule has 0 aliphatic carbocycles. The first kappa shape index (κ1) is 17.3. The van der Waals surface area contributed by atoms with Gasteiger partial charge in [0.15, 0.2) is 9.84 Å². The maximum atomic E-state index is 12.8. The fourth-order valence-electron chi connectivity index (χ4n) is 3.95. The molecule has 26 heavy (non-hydrogen) atoms. The van der Waals surface area contributed by atoms with Crippen LogP contribution in [-0.4, -0.2) is 31.5 Å². The number of hydrogen-bond acceptors (Lipinski definition) is 4. The monoisotopic (exact) mass is 382 g/mol. The van der Waals surface area contributed by atoms with Crippen LogP contribution < -0.4 is 4.90 Å². The first-order valence-electron chi connectivity index (χ1n) is 8.27. The summed E-state index contributed by atoms with van der Waals surface area (Å²) in [5, 5.41) is 0. The van der Waals surface area contributed by atoms with Gasteiger partial charge >= 0.3 is 6.18 Å². The van der Waals surface area contributed by atoms with Crippen molar-refractivity contribution in [2.45, 2.75) is 19.0 Å². The van der Waals surface area contributed by atoms with Crippen molar-refractivity contribution in [1.29, 1.82) is 0 Å². The molecule has 0 radical (unpaired) electrons. The molecule has 8 heteroatoms. The van der Waals surface area contributed by atoms with Crippen molar-refractivity contribution in [2.24, 2.45) is 5.41 Å². The van der Waals surface area contributed by atoms with E-state index in [9.17, 15) is 21.6 Å². The second kappa shape index (κ2) is 5.70. The Hall–Kier alpha value is -2.09. The first-order chi connectivity index (χ1) is 12.2. The van der Waals surface area contributed by atoms with Crippen LogP contribution in [0.15, 0.2) is 42.6 Å². The standard InChI is InChI=1S/C18H17F3N2O2S/c19-18(20,21)13-3-5-14(6-4-13)23-11-17(7-9-26(24,25)12-17)10-15-16(23)2-1-8-22-15/h1-6,8H,7,9-12H2. The van der Waals surface area contributed by atoms with Gasteiger partial charge in [0.2, 0.25) is 0 Å². The smallest absolute Gasteiger partial charge is 0.339 e. The maximum absolute atomic E-state index is 12.8. The molecule has 2 aromatic rings. The molecule has 1 aromatic carbocycles. The van der Waals surface area contributed by atoms with Gasteiger partial charge in [0.05, 0.1) is 28.5 Å². The number of nitrogens with zero attached hydrogens (tertiary/aromatic N) is 2. The maximum Gasteiger partial charge on any atom is 0.416 e. The van der Waals surface area contributed by atoms with Crippen molar-refractivity contribution in [3.63, 3.8) is 0 Å². The minimum absolute atomic E-state index is 0.0904. The largest absolute Gasteiger partial charge is 0.416 e. The van der Waals surface area contributed by atoms with Crippen LogP contribution in [0.2, 0.25) is 0 Å². The van der Waals surface area contributed by atoms with Crippen LogP contribution in [0.3, 0.4) is 0 Å². The highest BCUT2D eigenvalue weighted by Gasteiger charge is 2.47. The zero-order chi connectivity index (χ0) is 18.6. The zero-order valence-corrected chi connectivity index (χ0v) is 14.6. The summed E-state index contributed by atoms with van der Waals surface area (Å²) in [4.78, 5) is 6.30. The summed E-state index contributed by atoms with van der Waals surface area (Å²) in [5.41, 5.74) is 1.07. The van der Waals surface area contributed by atoms with Crippen LogP contribution in [0.5, 0.6) is 0 Å². The fourth-order valence-corrected chi connectivity index (χ4v) is 6.11. The minimum Gasteiger partial charge on any atom is -0.339 e. The molecule has 0 bridgehead atoms. The molecule has 1 unspecified atom stereocenters. The SMILES string of the molecule is O=S1(=O)CCC2(Cc3ncccc3N(c3ccc(C(F)(F)F)cc3)C2)C1. The van der Waals surface area contributed by atoms with Crippen molar-refractivity contribution in [3.05, 3.63) is 53.9 Å². The summed E-state index contributed by atoms with van der Waals surface area (Å²) >= 11 is 0. The van der Waals surface area contributed by atoms with Gasteiger partial charge in [-0.1, -0.05) is 0 Å². The number of fused-ring (bicyclic) bond motifs is 1. The zero-order valence-electron chi connectivity index (χ0n) is 13.8. The Morgan fingerprint density at radius 3 is 2.46 bits per heavy atom. The number of alkyl halides is 3. The van der Waals surface area contributed by atoms with Crippen LogP contribution in [-0.2, 0) is 22.4 Å². The lowest BCUT2D eigenvalue weighted by atomic mass is 9.78. The van der Waals surface area contributed by atoms with Crippen LogP contribution in [0.25, 0.3) is 0 Å². The van der Waals surface area contributed by atoms with E-state index in [1.54, 1.807) is 12.3 Å². The van der Waals surface area contributed by atoms with Crippen molar-refractivity contribution in [2.75, 3.05) is 23.0 Å². The summed E-state index contributed by atoms with van der Waals surface area (Å²) in [5.74, 6) is 0.239. The van der Waals surface area contributed by atoms with E-state index in [4.69, 9.17) is 0 Å². The molecule has 0 saturated carbocycles. The van der Waals surface area contributed by atoms with Gasteiger partial charge in [-0.25, -0.2) is 8.42 Å². The third kappa shape index (κ3) is 3.06. The quantitative estimate of drug-likeness (QED) is 0.756. The van der Waals surface area contributed by atoms with E-state index in [2.05, 4.69) is 4.98 Å². The molecule has 0 amide bonds. The van der Waals surface area contributed by atoms with Gasteiger partial charge < -0.3 is 4.90 Å². The molecule has 0 N–H and O–H groups in total. The highest BCUT2D eigenvalue weighted by Crippen LogP contribution is 2.45. The Morgan fingerprint density at radius 1 is 1.12 bits per heavy atom. The van der Waals surface area contributed by atoms with Gasteiger partial charge in [-0.15, -0.1) is 0 Å². The van der Waals surface area contributed by atoms with Crippen LogP contribution in [0.1, 0.15) is 17.7 Å². The lowest BCUT2D eigenvalue weighted by Gasteiger charge is -2.41. The third-order valence-corrected chi connectivity index (χ3v) is 7.05. The van der Waals surface area contributed by atoms with E-state index in [0.717, 1.165) is 23.5 Å². The number of rotatable bonds is 1. The molecular formula is C18H17F3N2O2S. The molecule has 1 fully saturated rings. The van der Waals surface area contributed by atoms with Crippen LogP contribution >= 0.6 is 0 Å². The Morgan fingerprint density at radius 2 is 1.85 bits per heavy atom. The van der Waals surface area contributed by atoms with E-state index in [0.29, 0.717) is 25.1 Å². The summed E-state index contributed by atoms with van der Waals surface area (Å²) in [7, 11) is -3.09. The third-order valence-electron chi connectivity index (χ3n) is 5.17. The first-order valence-corrected chi connectivity index (χ1v) is 10.1. The predicted molar refractivity (Wildman–Crippen MR) is 92.1 cm³/mol. The molecule has 2 aliphatic heterocycles. The average Bonchev–Trinajstić information content (AvgIpc) is 2.87. The van der Waals surface area contributed by atoms with Crippen LogP contribution in [0.4, 0.5) is 24.5 Å². The fraction of sp³-hybridized carbons (Fsp3) is 0.389. The molecule has 1 spiro atoms. The molecule has 1 aromatic heterocycles. The lowest BCUT2D eigenvalue weighted by Crippen LogP contribution is -2.42. The van der Waals surface area contributed by atoms with E-state index >= 15 is 0 Å². The minimum atomic E-state index is -4.39. The molecule has 1 atom stereocenters. The van der Waals surface area contributed by atoms with Crippen molar-refractivity contribution in [3.8, 4) is 0 Å². The van der Waals surface area contributed by atoms with Gasteiger partial charge in [0, 0.05) is 30.3 Å². The van der Waals surface area contributed by atoms with Crippen molar-refractivity contribution in [1.82, 2.24) is 4.98 Å². The van der Waals surface area contributed by atoms with E-state index in [-0.39, 0.29) is 11.5 Å². The molecule has 138 valence electrons. The van der Waals surface area contributed by atoms with Crippen LogP contribution in [0, 0.1) is 5.41 Å². The molecule has 1 saturated heterocycles. The molecular weight excluding hydrogens is 365 g/mol. The molecule has 4 rings (SSSR count). The number of anilines is 2. The Kier molecular flexibility index (Phi) is 3.80. The Balaban J connectivity index is 1.75. The number of pyridine rings is 1. The predicted octanol–water partition coefficient (Wildman–Crippen LogP) is 3.60. The summed E-state index contributed by atoms with van der Waals surface area (Å²) in [6, 6.07) is 8.62. The summed E-state index contributed by atoms with van der Waals surface area (Å²) in [6.45, 7) is 0.455.